The number of unbranched alkanes of at least 4 members (excludes halogenated alkanes) is 1. The van der Waals surface area contributed by atoms with E-state index in [0.29, 0.717) is 18.2 Å². The summed E-state index contributed by atoms with van der Waals surface area (Å²) in [7, 11) is 0. The van der Waals surface area contributed by atoms with Crippen LogP contribution in [0.2, 0.25) is 0 Å². The maximum Gasteiger partial charge on any atom is 2.00 e. The molecule has 2 aromatic carbocycles. The molecule has 0 unspecified atom stereocenters. The van der Waals surface area contributed by atoms with Gasteiger partial charge in [-0.25, -0.2) is 14.4 Å². The van der Waals surface area contributed by atoms with Gasteiger partial charge in [-0.15, -0.1) is 0 Å². The molecule has 0 atom stereocenters. The summed E-state index contributed by atoms with van der Waals surface area (Å²) in [5, 5.41) is 10.7. The van der Waals surface area contributed by atoms with Crippen LogP contribution in [0.15, 0.2) is 48.6 Å². The molecule has 0 spiro atoms. The topological polar surface area (TPSA) is 89.9 Å². The summed E-state index contributed by atoms with van der Waals surface area (Å²) in [6.07, 6.45) is 3.96. The molecular formula is C20H22CaO6. The van der Waals surface area contributed by atoms with Gasteiger partial charge in [0.15, 0.2) is 0 Å². The third kappa shape index (κ3) is 6.65. The summed E-state index contributed by atoms with van der Waals surface area (Å²) in [5.41, 5.74) is -0.0379. The van der Waals surface area contributed by atoms with E-state index < -0.39 is 17.9 Å². The Morgan fingerprint density at radius 3 is 2.37 bits per heavy atom. The minimum absolute atomic E-state index is 0. The second-order valence-electron chi connectivity index (χ2n) is 5.52. The first-order valence-electron chi connectivity index (χ1n) is 8.26. The summed E-state index contributed by atoms with van der Waals surface area (Å²) in [6.45, 7) is 2.07. The number of rotatable bonds is 8. The number of hydrogen-bond acceptors (Lipinski definition) is 5. The second kappa shape index (κ2) is 11.7. The van der Waals surface area contributed by atoms with Gasteiger partial charge in [0, 0.05) is 6.08 Å². The van der Waals surface area contributed by atoms with Gasteiger partial charge in [-0.2, -0.15) is 0 Å². The number of aromatic carboxylic acids is 1. The summed E-state index contributed by atoms with van der Waals surface area (Å²) in [5.74, 6) is -2.27. The van der Waals surface area contributed by atoms with E-state index in [1.165, 1.54) is 12.1 Å². The molecule has 0 bridgehead atoms. The van der Waals surface area contributed by atoms with Crippen LogP contribution in [-0.2, 0) is 14.3 Å². The zero-order valence-corrected chi connectivity index (χ0v) is 17.4. The van der Waals surface area contributed by atoms with E-state index >= 15 is 0 Å². The monoisotopic (exact) mass is 398 g/mol. The summed E-state index contributed by atoms with van der Waals surface area (Å²) in [6, 6.07) is 10.1. The smallest absolute Gasteiger partial charge is 1.00 e. The molecular weight excluding hydrogens is 376 g/mol. The minimum atomic E-state index is -1.18. The van der Waals surface area contributed by atoms with Crippen molar-refractivity contribution in [1.29, 1.82) is 0 Å². The van der Waals surface area contributed by atoms with E-state index in [-0.39, 0.29) is 64.9 Å². The van der Waals surface area contributed by atoms with Crippen LogP contribution in [0, 0.1) is 0 Å². The molecule has 27 heavy (non-hydrogen) atoms. The molecule has 0 radical (unpaired) electrons. The predicted molar refractivity (Wildman–Crippen MR) is 104 cm³/mol. The average Bonchev–Trinajstić information content (AvgIpc) is 2.63. The van der Waals surface area contributed by atoms with Crippen molar-refractivity contribution in [3.8, 4) is 0 Å². The van der Waals surface area contributed by atoms with Crippen LogP contribution in [0.25, 0.3) is 10.8 Å². The molecule has 7 heteroatoms. The molecule has 0 fully saturated rings. The molecule has 140 valence electrons. The van der Waals surface area contributed by atoms with Gasteiger partial charge in [0.2, 0.25) is 0 Å². The molecule has 0 saturated heterocycles. The Morgan fingerprint density at radius 2 is 1.70 bits per heavy atom. The fourth-order valence-corrected chi connectivity index (χ4v) is 2.47. The molecule has 2 rings (SSSR count). The van der Waals surface area contributed by atoms with Crippen molar-refractivity contribution < 1.29 is 31.8 Å². The third-order valence-corrected chi connectivity index (χ3v) is 3.68. The van der Waals surface area contributed by atoms with Crippen molar-refractivity contribution >= 4 is 66.4 Å². The SMILES string of the molecule is CC=CC(=O)OCCCCOC(=O)c1c(C(=O)O)ccc2ccccc12.[Ca+2].[H-].[H-]. The van der Waals surface area contributed by atoms with Gasteiger partial charge < -0.3 is 17.4 Å². The van der Waals surface area contributed by atoms with Gasteiger partial charge in [0.25, 0.3) is 0 Å². The molecule has 1 N–H and O–H groups in total. The van der Waals surface area contributed by atoms with E-state index in [2.05, 4.69) is 0 Å². The molecule has 0 aliphatic heterocycles. The van der Waals surface area contributed by atoms with Crippen LogP contribution in [0.3, 0.4) is 0 Å². The summed E-state index contributed by atoms with van der Waals surface area (Å²) < 4.78 is 10.2. The number of esters is 2. The number of carbonyl (C=O) groups excluding carboxylic acids is 2. The molecule has 0 heterocycles. The normalized spacial score (nSPS) is 10.4. The number of ether oxygens (including phenoxy) is 2. The quantitative estimate of drug-likeness (QED) is 0.317. The third-order valence-electron chi connectivity index (χ3n) is 3.68. The van der Waals surface area contributed by atoms with Crippen molar-refractivity contribution in [3.63, 3.8) is 0 Å². The van der Waals surface area contributed by atoms with Gasteiger partial charge in [-0.3, -0.25) is 0 Å². The standard InChI is InChI=1S/C20H20O6.Ca.2H/c1-2-7-17(21)25-12-5-6-13-26-20(24)18-15-9-4-3-8-14(15)10-11-16(18)19(22)23;;;/h2-4,7-11H,5-6,12-13H2,1H3,(H,22,23);;;/q;+2;2*-1. The summed E-state index contributed by atoms with van der Waals surface area (Å²) >= 11 is 0. The van der Waals surface area contributed by atoms with E-state index in [0.717, 1.165) is 5.39 Å². The average molecular weight is 398 g/mol. The zero-order valence-electron chi connectivity index (χ0n) is 17.1. The number of hydrogen-bond donors (Lipinski definition) is 1. The van der Waals surface area contributed by atoms with E-state index in [4.69, 9.17) is 9.47 Å². The van der Waals surface area contributed by atoms with Crippen molar-refractivity contribution in [2.45, 2.75) is 19.8 Å². The Balaban J connectivity index is 0. The van der Waals surface area contributed by atoms with E-state index in [9.17, 15) is 19.5 Å². The first-order valence-corrected chi connectivity index (χ1v) is 8.26. The van der Waals surface area contributed by atoms with E-state index in [1.807, 2.05) is 6.07 Å². The molecule has 2 aromatic rings. The van der Waals surface area contributed by atoms with Crippen LogP contribution in [0.5, 0.6) is 0 Å². The van der Waals surface area contributed by atoms with Gasteiger partial charge in [-0.05, 0) is 36.6 Å². The number of carbonyl (C=O) groups is 3. The molecule has 6 nitrogen and oxygen atoms in total. The fraction of sp³-hybridized carbons (Fsp3) is 0.250. The Labute approximate surface area is 190 Å². The fourth-order valence-electron chi connectivity index (χ4n) is 2.47. The molecule has 0 saturated carbocycles. The maximum atomic E-state index is 12.4. The van der Waals surface area contributed by atoms with Crippen LogP contribution >= 0.6 is 0 Å². The van der Waals surface area contributed by atoms with E-state index in [1.54, 1.807) is 37.3 Å². The van der Waals surface area contributed by atoms with Crippen molar-refractivity contribution in [3.05, 3.63) is 59.7 Å². The van der Waals surface area contributed by atoms with Gasteiger partial charge in [0.1, 0.15) is 0 Å². The van der Waals surface area contributed by atoms with Crippen LogP contribution in [0.4, 0.5) is 0 Å². The minimum Gasteiger partial charge on any atom is -1.00 e. The Bertz CT molecular complexity index is 854. The number of carboxylic acid groups (broad SMARTS) is 1. The molecule has 0 amide bonds. The first kappa shape index (κ1) is 23.1. The van der Waals surface area contributed by atoms with Gasteiger partial charge in [-0.1, -0.05) is 36.4 Å². The summed E-state index contributed by atoms with van der Waals surface area (Å²) in [4.78, 5) is 35.0. The second-order valence-corrected chi connectivity index (χ2v) is 5.52. The molecule has 0 aliphatic rings. The van der Waals surface area contributed by atoms with Crippen molar-refractivity contribution in [1.82, 2.24) is 0 Å². The number of benzene rings is 2. The zero-order chi connectivity index (χ0) is 18.9. The van der Waals surface area contributed by atoms with Gasteiger partial charge in [0.05, 0.1) is 24.3 Å². The molecule has 0 aliphatic carbocycles. The number of allylic oxidation sites excluding steroid dienone is 1. The Hall–Kier alpha value is -1.89. The van der Waals surface area contributed by atoms with Crippen LogP contribution < -0.4 is 0 Å². The maximum absolute atomic E-state index is 12.4. The number of fused-ring (bicyclic) bond motifs is 1. The largest absolute Gasteiger partial charge is 2.00 e. The number of carboxylic acids is 1. The van der Waals surface area contributed by atoms with Gasteiger partial charge >= 0.3 is 55.6 Å². The Morgan fingerprint density at radius 1 is 1.04 bits per heavy atom. The predicted octanol–water partition coefficient (Wildman–Crippen LogP) is 3.44. The Kier molecular flexibility index (Phi) is 10.1. The van der Waals surface area contributed by atoms with Crippen molar-refractivity contribution in [2.24, 2.45) is 0 Å². The van der Waals surface area contributed by atoms with Crippen LogP contribution in [-0.4, -0.2) is 74.0 Å². The van der Waals surface area contributed by atoms with Crippen molar-refractivity contribution in [2.75, 3.05) is 13.2 Å². The first-order chi connectivity index (χ1) is 12.5. The van der Waals surface area contributed by atoms with Crippen LogP contribution in [0.1, 0.15) is 43.3 Å². The molecule has 0 aromatic heterocycles.